The summed E-state index contributed by atoms with van der Waals surface area (Å²) < 4.78 is 23.0. The molecule has 13 heavy (non-hydrogen) atoms. The van der Waals surface area contributed by atoms with Crippen molar-refractivity contribution in [2.75, 3.05) is 12.4 Å². The van der Waals surface area contributed by atoms with Gasteiger partial charge in [-0.15, -0.1) is 0 Å². The lowest BCUT2D eigenvalue weighted by molar-refractivity contribution is 0.295. The maximum atomic E-state index is 11.5. The van der Waals surface area contributed by atoms with Crippen LogP contribution in [-0.2, 0) is 9.84 Å². The van der Waals surface area contributed by atoms with Crippen LogP contribution < -0.4 is 0 Å². The third-order valence-corrected chi connectivity index (χ3v) is 3.49. The van der Waals surface area contributed by atoms with E-state index in [9.17, 15) is 8.42 Å². The van der Waals surface area contributed by atoms with Crippen molar-refractivity contribution >= 4 is 9.84 Å². The first-order valence-electron chi connectivity index (χ1n) is 4.05. The van der Waals surface area contributed by atoms with Gasteiger partial charge in [0.05, 0.1) is 10.6 Å². The zero-order chi connectivity index (χ0) is 9.73. The van der Waals surface area contributed by atoms with Crippen LogP contribution >= 0.6 is 0 Å². The highest BCUT2D eigenvalue weighted by Gasteiger charge is 2.12. The predicted octanol–water partition coefficient (Wildman–Crippen LogP) is 0.843. The van der Waals surface area contributed by atoms with Crippen LogP contribution in [0, 0.1) is 0 Å². The molecule has 1 aromatic carbocycles. The van der Waals surface area contributed by atoms with Gasteiger partial charge < -0.3 is 5.11 Å². The second kappa shape index (κ2) is 4.39. The van der Waals surface area contributed by atoms with E-state index < -0.39 is 9.84 Å². The average molecular weight is 200 g/mol. The summed E-state index contributed by atoms with van der Waals surface area (Å²) >= 11 is 0. The van der Waals surface area contributed by atoms with Crippen molar-refractivity contribution in [1.82, 2.24) is 0 Å². The zero-order valence-electron chi connectivity index (χ0n) is 7.18. The van der Waals surface area contributed by atoms with Crippen molar-refractivity contribution in [1.29, 1.82) is 0 Å². The Balaban J connectivity index is 2.83. The molecule has 0 spiro atoms. The van der Waals surface area contributed by atoms with Gasteiger partial charge in [-0.25, -0.2) is 8.42 Å². The summed E-state index contributed by atoms with van der Waals surface area (Å²) in [5.74, 6) is 0.00745. The van der Waals surface area contributed by atoms with Crippen molar-refractivity contribution in [2.45, 2.75) is 11.3 Å². The van der Waals surface area contributed by atoms with Crippen molar-refractivity contribution in [3.8, 4) is 0 Å². The van der Waals surface area contributed by atoms with Gasteiger partial charge in [0.2, 0.25) is 0 Å². The molecule has 1 aromatic rings. The highest BCUT2D eigenvalue weighted by molar-refractivity contribution is 7.91. The first kappa shape index (κ1) is 10.2. The minimum absolute atomic E-state index is 0.00745. The third-order valence-electron chi connectivity index (χ3n) is 1.67. The molecule has 0 radical (unpaired) electrons. The van der Waals surface area contributed by atoms with E-state index in [0.717, 1.165) is 0 Å². The largest absolute Gasteiger partial charge is 0.396 e. The molecule has 0 heterocycles. The summed E-state index contributed by atoms with van der Waals surface area (Å²) in [6.07, 6.45) is 0.289. The Labute approximate surface area is 77.9 Å². The lowest BCUT2D eigenvalue weighted by atomic mass is 10.4. The summed E-state index contributed by atoms with van der Waals surface area (Å²) in [5, 5.41) is 8.51. The van der Waals surface area contributed by atoms with E-state index in [1.54, 1.807) is 30.3 Å². The molecule has 0 aliphatic rings. The molecule has 0 unspecified atom stereocenters. The molecule has 1 rings (SSSR count). The predicted molar refractivity (Wildman–Crippen MR) is 50.2 cm³/mol. The molecule has 0 aromatic heterocycles. The molecule has 0 atom stereocenters. The second-order valence-electron chi connectivity index (χ2n) is 2.71. The summed E-state index contributed by atoms with van der Waals surface area (Å²) in [4.78, 5) is 0.323. The molecule has 1 N–H and O–H groups in total. The van der Waals surface area contributed by atoms with Gasteiger partial charge in [-0.3, -0.25) is 0 Å². The molecule has 4 heteroatoms. The first-order chi connectivity index (χ1) is 6.17. The molecule has 0 amide bonds. The lowest BCUT2D eigenvalue weighted by Gasteiger charge is -2.01. The van der Waals surface area contributed by atoms with Gasteiger partial charge in [-0.2, -0.15) is 0 Å². The fourth-order valence-electron chi connectivity index (χ4n) is 1.00. The fraction of sp³-hybridized carbons (Fsp3) is 0.333. The Morgan fingerprint density at radius 3 is 2.31 bits per heavy atom. The molecule has 72 valence electrons. The number of benzene rings is 1. The standard InChI is InChI=1S/C9H12O3S/c10-7-4-8-13(11,12)9-5-2-1-3-6-9/h1-3,5-6,10H,4,7-8H2. The van der Waals surface area contributed by atoms with Gasteiger partial charge >= 0.3 is 0 Å². The molecule has 0 aliphatic carbocycles. The lowest BCUT2D eigenvalue weighted by Crippen LogP contribution is -2.07. The number of aliphatic hydroxyl groups is 1. The Kier molecular flexibility index (Phi) is 3.45. The molecular formula is C9H12O3S. The molecule has 0 saturated heterocycles. The summed E-state index contributed by atoms with van der Waals surface area (Å²) in [5.41, 5.74) is 0. The maximum absolute atomic E-state index is 11.5. The van der Waals surface area contributed by atoms with Gasteiger partial charge in [0.1, 0.15) is 0 Å². The molecule has 0 aliphatic heterocycles. The van der Waals surface area contributed by atoms with Crippen molar-refractivity contribution in [3.05, 3.63) is 30.3 Å². The number of hydrogen-bond donors (Lipinski definition) is 1. The van der Waals surface area contributed by atoms with Gasteiger partial charge in [0, 0.05) is 6.61 Å². The highest BCUT2D eigenvalue weighted by atomic mass is 32.2. The van der Waals surface area contributed by atoms with E-state index >= 15 is 0 Å². The monoisotopic (exact) mass is 200 g/mol. The van der Waals surface area contributed by atoms with E-state index in [1.807, 2.05) is 0 Å². The Morgan fingerprint density at radius 2 is 1.77 bits per heavy atom. The molecular weight excluding hydrogens is 188 g/mol. The van der Waals surface area contributed by atoms with E-state index in [0.29, 0.717) is 4.90 Å². The minimum atomic E-state index is -3.18. The highest BCUT2D eigenvalue weighted by Crippen LogP contribution is 2.10. The fourth-order valence-corrected chi connectivity index (χ4v) is 2.32. The van der Waals surface area contributed by atoms with Crippen molar-refractivity contribution in [3.63, 3.8) is 0 Å². The topological polar surface area (TPSA) is 54.4 Å². The second-order valence-corrected chi connectivity index (χ2v) is 4.82. The van der Waals surface area contributed by atoms with Crippen molar-refractivity contribution in [2.24, 2.45) is 0 Å². The van der Waals surface area contributed by atoms with Gasteiger partial charge in [-0.05, 0) is 18.6 Å². The normalized spacial score (nSPS) is 11.5. The summed E-state index contributed by atoms with van der Waals surface area (Å²) in [6, 6.07) is 8.27. The van der Waals surface area contributed by atoms with Crippen LogP contribution in [0.25, 0.3) is 0 Å². The SMILES string of the molecule is O=S(=O)(CCCO)c1ccccc1. The zero-order valence-corrected chi connectivity index (χ0v) is 8.00. The minimum Gasteiger partial charge on any atom is -0.396 e. The average Bonchev–Trinajstić information content (AvgIpc) is 2.16. The molecule has 0 fully saturated rings. The molecule has 0 bridgehead atoms. The van der Waals surface area contributed by atoms with E-state index in [1.165, 1.54) is 0 Å². The van der Waals surface area contributed by atoms with Crippen LogP contribution in [0.15, 0.2) is 35.2 Å². The number of rotatable bonds is 4. The maximum Gasteiger partial charge on any atom is 0.178 e. The summed E-state index contributed by atoms with van der Waals surface area (Å²) in [7, 11) is -3.18. The third kappa shape index (κ3) is 2.82. The van der Waals surface area contributed by atoms with Crippen LogP contribution in [-0.4, -0.2) is 25.9 Å². The van der Waals surface area contributed by atoms with Crippen LogP contribution in [0.5, 0.6) is 0 Å². The van der Waals surface area contributed by atoms with Gasteiger partial charge in [0.25, 0.3) is 0 Å². The van der Waals surface area contributed by atoms with Crippen LogP contribution in [0.4, 0.5) is 0 Å². The summed E-state index contributed by atoms with van der Waals surface area (Å²) in [6.45, 7) is -0.0912. The van der Waals surface area contributed by atoms with Crippen molar-refractivity contribution < 1.29 is 13.5 Å². The Hall–Kier alpha value is -0.870. The van der Waals surface area contributed by atoms with Gasteiger partial charge in [-0.1, -0.05) is 18.2 Å². The van der Waals surface area contributed by atoms with E-state index in [2.05, 4.69) is 0 Å². The van der Waals surface area contributed by atoms with E-state index in [-0.39, 0.29) is 18.8 Å². The number of sulfone groups is 1. The first-order valence-corrected chi connectivity index (χ1v) is 5.71. The smallest absolute Gasteiger partial charge is 0.178 e. The van der Waals surface area contributed by atoms with E-state index in [4.69, 9.17) is 5.11 Å². The number of hydrogen-bond acceptors (Lipinski definition) is 3. The quantitative estimate of drug-likeness (QED) is 0.783. The van der Waals surface area contributed by atoms with Crippen LogP contribution in [0.1, 0.15) is 6.42 Å². The Morgan fingerprint density at radius 1 is 1.15 bits per heavy atom. The number of aliphatic hydroxyl groups excluding tert-OH is 1. The Bertz CT molecular complexity index is 342. The van der Waals surface area contributed by atoms with Crippen LogP contribution in [0.2, 0.25) is 0 Å². The van der Waals surface area contributed by atoms with Crippen LogP contribution in [0.3, 0.4) is 0 Å². The van der Waals surface area contributed by atoms with Gasteiger partial charge in [0.15, 0.2) is 9.84 Å². The molecule has 3 nitrogen and oxygen atoms in total. The molecule has 0 saturated carbocycles.